The van der Waals surface area contributed by atoms with Gasteiger partial charge in [-0.15, -0.1) is 0 Å². The van der Waals surface area contributed by atoms with Crippen LogP contribution in [-0.2, 0) is 0 Å². The van der Waals surface area contributed by atoms with Crippen LogP contribution in [0.5, 0.6) is 5.75 Å². The van der Waals surface area contributed by atoms with Gasteiger partial charge in [0.1, 0.15) is 11.8 Å². The molecule has 0 aliphatic carbocycles. The number of hydrogen-bond acceptors (Lipinski definition) is 8. The van der Waals surface area contributed by atoms with E-state index in [0.717, 1.165) is 17.2 Å². The molecule has 2 aromatic heterocycles. The Bertz CT molecular complexity index is 915. The van der Waals surface area contributed by atoms with Crippen LogP contribution >= 0.6 is 0 Å². The molecule has 0 aliphatic rings. The summed E-state index contributed by atoms with van der Waals surface area (Å²) in [6.45, 7) is 2.55. The number of aliphatic hydroxyl groups is 1. The van der Waals surface area contributed by atoms with Gasteiger partial charge in [0, 0.05) is 12.6 Å². The zero-order valence-corrected chi connectivity index (χ0v) is 16.9. The maximum absolute atomic E-state index is 10.6. The molecule has 3 N–H and O–H groups in total. The number of aliphatic hydroxyl groups excluding tert-OH is 1. The molecule has 0 radical (unpaired) electrons. The number of imidazole rings is 1. The largest absolute Gasteiger partial charge is 1.00 e. The molecule has 0 saturated carbocycles. The van der Waals surface area contributed by atoms with Crippen LogP contribution in [-0.4, -0.2) is 43.1 Å². The molecule has 1 aromatic carbocycles. The zero-order chi connectivity index (χ0) is 18.9. The quantitative estimate of drug-likeness (QED) is 0.207. The number of nitro benzene ring substituents is 1. The number of nitro groups is 1. The summed E-state index contributed by atoms with van der Waals surface area (Å²) in [4.78, 5) is 24.5. The SMILES string of the molecule is C/C(=C\CNc1ncnc2nc[nH]c12)CO.O=[N+]([O-])c1ccccc1[O-].[Na+]. The van der Waals surface area contributed by atoms with Gasteiger partial charge in [0.05, 0.1) is 17.9 Å². The van der Waals surface area contributed by atoms with Gasteiger partial charge in [0.25, 0.3) is 5.69 Å². The predicted molar refractivity (Wildman–Crippen MR) is 93.6 cm³/mol. The summed E-state index contributed by atoms with van der Waals surface area (Å²) >= 11 is 0. The number of hydrogen-bond donors (Lipinski definition) is 3. The molecular formula is C16H17N6NaO4. The van der Waals surface area contributed by atoms with Gasteiger partial charge in [0.15, 0.2) is 11.5 Å². The Kier molecular flexibility index (Phi) is 9.37. The Morgan fingerprint density at radius 2 is 2.07 bits per heavy atom. The van der Waals surface area contributed by atoms with Crippen LogP contribution in [0.3, 0.4) is 0 Å². The van der Waals surface area contributed by atoms with E-state index in [1.807, 2.05) is 13.0 Å². The minimum absolute atomic E-state index is 0. The molecule has 0 fully saturated rings. The second-order valence-electron chi connectivity index (χ2n) is 5.14. The summed E-state index contributed by atoms with van der Waals surface area (Å²) < 4.78 is 0. The first-order chi connectivity index (χ1) is 12.5. The van der Waals surface area contributed by atoms with Crippen LogP contribution in [0.15, 0.2) is 48.6 Å². The molecule has 10 nitrogen and oxygen atoms in total. The normalized spacial score (nSPS) is 10.5. The maximum atomic E-state index is 10.6. The summed E-state index contributed by atoms with van der Waals surface area (Å²) in [6.07, 6.45) is 4.96. The molecule has 0 aliphatic heterocycles. The fourth-order valence-corrected chi connectivity index (χ4v) is 1.89. The van der Waals surface area contributed by atoms with E-state index in [-0.39, 0.29) is 41.9 Å². The number of para-hydroxylation sites is 2. The first-order valence-electron chi connectivity index (χ1n) is 7.57. The predicted octanol–water partition coefficient (Wildman–Crippen LogP) is -1.62. The van der Waals surface area contributed by atoms with Crippen molar-refractivity contribution in [2.24, 2.45) is 0 Å². The molecule has 0 saturated heterocycles. The van der Waals surface area contributed by atoms with Crippen LogP contribution in [0.1, 0.15) is 6.92 Å². The third-order valence-corrected chi connectivity index (χ3v) is 3.25. The Morgan fingerprint density at radius 3 is 2.70 bits per heavy atom. The van der Waals surface area contributed by atoms with Crippen molar-refractivity contribution in [1.82, 2.24) is 19.9 Å². The molecule has 136 valence electrons. The average Bonchev–Trinajstić information content (AvgIpc) is 3.12. The van der Waals surface area contributed by atoms with Crippen molar-refractivity contribution in [3.8, 4) is 5.75 Å². The van der Waals surface area contributed by atoms with Crippen LogP contribution in [0, 0.1) is 10.1 Å². The monoisotopic (exact) mass is 380 g/mol. The van der Waals surface area contributed by atoms with Crippen molar-refractivity contribution in [3.63, 3.8) is 0 Å². The van der Waals surface area contributed by atoms with Crippen LogP contribution in [0.25, 0.3) is 11.2 Å². The Labute approximate surface area is 176 Å². The first kappa shape index (κ1) is 22.5. The third-order valence-electron chi connectivity index (χ3n) is 3.25. The number of aromatic nitrogens is 4. The van der Waals surface area contributed by atoms with Gasteiger partial charge in [0.2, 0.25) is 0 Å². The summed E-state index contributed by atoms with van der Waals surface area (Å²) in [5, 5.41) is 32.6. The molecule has 11 heteroatoms. The number of aromatic amines is 1. The molecule has 3 rings (SSSR count). The van der Waals surface area contributed by atoms with Gasteiger partial charge >= 0.3 is 29.6 Å². The minimum Gasteiger partial charge on any atom is -0.868 e. The van der Waals surface area contributed by atoms with E-state index in [4.69, 9.17) is 5.11 Å². The van der Waals surface area contributed by atoms with Crippen molar-refractivity contribution < 1.29 is 44.7 Å². The van der Waals surface area contributed by atoms with E-state index in [9.17, 15) is 15.2 Å². The van der Waals surface area contributed by atoms with Gasteiger partial charge < -0.3 is 20.5 Å². The second-order valence-corrected chi connectivity index (χ2v) is 5.14. The van der Waals surface area contributed by atoms with Crippen molar-refractivity contribution in [1.29, 1.82) is 0 Å². The zero-order valence-electron chi connectivity index (χ0n) is 14.9. The van der Waals surface area contributed by atoms with Crippen LogP contribution in [0.2, 0.25) is 0 Å². The Morgan fingerprint density at radius 1 is 1.33 bits per heavy atom. The number of nitrogens with one attached hydrogen (secondary N) is 2. The number of anilines is 1. The summed E-state index contributed by atoms with van der Waals surface area (Å²) in [5.74, 6) is 0.164. The van der Waals surface area contributed by atoms with E-state index < -0.39 is 10.7 Å². The number of fused-ring (bicyclic) bond motifs is 1. The fraction of sp³-hybridized carbons (Fsp3) is 0.188. The summed E-state index contributed by atoms with van der Waals surface area (Å²) in [6, 6.07) is 5.27. The summed E-state index contributed by atoms with van der Waals surface area (Å²) in [7, 11) is 0. The molecule has 27 heavy (non-hydrogen) atoms. The summed E-state index contributed by atoms with van der Waals surface area (Å²) in [5.41, 5.74) is 1.97. The minimum atomic E-state index is -0.692. The average molecular weight is 380 g/mol. The first-order valence-corrected chi connectivity index (χ1v) is 7.57. The van der Waals surface area contributed by atoms with E-state index in [0.29, 0.717) is 18.0 Å². The van der Waals surface area contributed by atoms with E-state index in [2.05, 4.69) is 25.3 Å². The molecule has 0 spiro atoms. The number of benzene rings is 1. The number of rotatable bonds is 5. The second kappa shape index (κ2) is 11.2. The van der Waals surface area contributed by atoms with Crippen molar-refractivity contribution >= 4 is 22.7 Å². The Balaban J connectivity index is 0.000000288. The molecule has 0 unspecified atom stereocenters. The fourth-order valence-electron chi connectivity index (χ4n) is 1.89. The standard InChI is InChI=1S/C10H13N5O.C6H5NO3.Na/c1-7(4-16)2-3-11-9-8-10(13-5-12-8)15-6-14-9;8-6-4-2-1-3-5(6)7(9)10;/h2,5-6,16H,3-4H2,1H3,(H2,11,12,13,14,15);1-4,8H;/q;;+1/p-1/b7-2+;;. The molecular weight excluding hydrogens is 363 g/mol. The van der Waals surface area contributed by atoms with E-state index >= 15 is 0 Å². The van der Waals surface area contributed by atoms with Crippen molar-refractivity contribution in [2.75, 3.05) is 18.5 Å². The third kappa shape index (κ3) is 6.61. The molecule has 0 amide bonds. The number of nitrogens with zero attached hydrogens (tertiary/aromatic N) is 4. The Hall–Kier alpha value is -2.53. The van der Waals surface area contributed by atoms with E-state index in [1.54, 1.807) is 6.33 Å². The van der Waals surface area contributed by atoms with Gasteiger partial charge in [-0.2, -0.15) is 0 Å². The van der Waals surface area contributed by atoms with E-state index in [1.165, 1.54) is 24.5 Å². The topological polar surface area (TPSA) is 153 Å². The molecule has 3 aromatic rings. The maximum Gasteiger partial charge on any atom is 1.00 e. The van der Waals surface area contributed by atoms with Gasteiger partial charge in [-0.25, -0.2) is 15.0 Å². The van der Waals surface area contributed by atoms with Gasteiger partial charge in [-0.3, -0.25) is 10.1 Å². The molecule has 0 atom stereocenters. The van der Waals surface area contributed by atoms with Crippen LogP contribution in [0.4, 0.5) is 11.5 Å². The molecule has 0 bridgehead atoms. The van der Waals surface area contributed by atoms with Crippen molar-refractivity contribution in [3.05, 3.63) is 58.7 Å². The number of H-pyrrole nitrogens is 1. The smallest absolute Gasteiger partial charge is 0.868 e. The molecule has 2 heterocycles. The van der Waals surface area contributed by atoms with Gasteiger partial charge in [-0.1, -0.05) is 29.8 Å². The van der Waals surface area contributed by atoms with Gasteiger partial charge in [-0.05, 0) is 12.7 Å². The van der Waals surface area contributed by atoms with Crippen molar-refractivity contribution in [2.45, 2.75) is 6.92 Å². The van der Waals surface area contributed by atoms with Crippen LogP contribution < -0.4 is 40.0 Å².